The van der Waals surface area contributed by atoms with E-state index in [0.717, 1.165) is 61.3 Å². The van der Waals surface area contributed by atoms with E-state index in [1.807, 2.05) is 0 Å². The summed E-state index contributed by atoms with van der Waals surface area (Å²) in [7, 11) is 0. The highest BCUT2D eigenvalue weighted by molar-refractivity contribution is 6.21. The summed E-state index contributed by atoms with van der Waals surface area (Å²) in [6, 6.07) is 85.4. The molecule has 0 amide bonds. The summed E-state index contributed by atoms with van der Waals surface area (Å²) in [5.41, 5.74) is 14.1. The number of nitrogens with zero attached hydrogens (tertiary/aromatic N) is 1. The van der Waals surface area contributed by atoms with Gasteiger partial charge in [0.25, 0.3) is 0 Å². The third-order valence-electron chi connectivity index (χ3n) is 12.5. The lowest BCUT2D eigenvalue weighted by Crippen LogP contribution is -2.12. The summed E-state index contributed by atoms with van der Waals surface area (Å²) in [6.45, 7) is 0. The van der Waals surface area contributed by atoms with Gasteiger partial charge < -0.3 is 9.32 Å². The molecule has 0 aliphatic heterocycles. The molecule has 0 atom stereocenters. The summed E-state index contributed by atoms with van der Waals surface area (Å²) in [5.74, 6) is 0. The molecular weight excluding hydrogens is 751 g/mol. The Bertz CT molecular complexity index is 3650. The lowest BCUT2D eigenvalue weighted by Gasteiger charge is -2.29. The molecule has 0 saturated carbocycles. The molecule has 0 aliphatic carbocycles. The molecule has 0 saturated heterocycles. The van der Waals surface area contributed by atoms with Crippen LogP contribution in [-0.2, 0) is 0 Å². The number of hydrogen-bond donors (Lipinski definition) is 0. The van der Waals surface area contributed by atoms with E-state index in [0.29, 0.717) is 0 Å². The van der Waals surface area contributed by atoms with Gasteiger partial charge in [-0.1, -0.05) is 194 Å². The van der Waals surface area contributed by atoms with Crippen molar-refractivity contribution in [2.75, 3.05) is 4.90 Å². The number of fused-ring (bicyclic) bond motifs is 7. The Hall–Kier alpha value is -8.20. The van der Waals surface area contributed by atoms with Gasteiger partial charge in [-0.15, -0.1) is 0 Å². The standard InChI is InChI=1S/C60H39NO/c1-2-18-40(19-3-1)45-25-8-9-27-47(45)42-23-16-24-44(38-42)61(56-34-14-12-31-52(56)50-33-17-22-41-20-4-6-26-46(41)50)57-37-36-53(60-59(57)54-32-13-15-35-58(54)62-60)55-39-43-21-5-7-28-48(43)49-29-10-11-30-51(49)55/h1-39H. The molecule has 290 valence electrons. The first-order valence-electron chi connectivity index (χ1n) is 21.3. The third kappa shape index (κ3) is 5.88. The van der Waals surface area contributed by atoms with Crippen molar-refractivity contribution in [3.05, 3.63) is 237 Å². The van der Waals surface area contributed by atoms with E-state index < -0.39 is 0 Å². The normalized spacial score (nSPS) is 11.5. The summed E-state index contributed by atoms with van der Waals surface area (Å²) in [6.07, 6.45) is 0. The van der Waals surface area contributed by atoms with E-state index in [1.165, 1.54) is 54.6 Å². The molecule has 2 heteroatoms. The van der Waals surface area contributed by atoms with Crippen LogP contribution in [-0.4, -0.2) is 0 Å². The molecule has 0 unspecified atom stereocenters. The van der Waals surface area contributed by atoms with Gasteiger partial charge in [-0.2, -0.15) is 0 Å². The Morgan fingerprint density at radius 2 is 0.871 bits per heavy atom. The minimum atomic E-state index is 0.856. The minimum absolute atomic E-state index is 0.856. The molecule has 0 bridgehead atoms. The van der Waals surface area contributed by atoms with Crippen molar-refractivity contribution in [1.29, 1.82) is 0 Å². The molecule has 0 spiro atoms. The van der Waals surface area contributed by atoms with Crippen molar-refractivity contribution in [2.45, 2.75) is 0 Å². The summed E-state index contributed by atoms with van der Waals surface area (Å²) in [5, 5.41) is 9.44. The van der Waals surface area contributed by atoms with Crippen LogP contribution in [0.1, 0.15) is 0 Å². The molecule has 12 rings (SSSR count). The molecule has 1 heterocycles. The van der Waals surface area contributed by atoms with Crippen molar-refractivity contribution in [1.82, 2.24) is 0 Å². The molecule has 62 heavy (non-hydrogen) atoms. The van der Waals surface area contributed by atoms with Gasteiger partial charge in [-0.05, 0) is 108 Å². The lowest BCUT2D eigenvalue weighted by atomic mass is 9.91. The minimum Gasteiger partial charge on any atom is -0.455 e. The van der Waals surface area contributed by atoms with Crippen LogP contribution >= 0.6 is 0 Å². The first kappa shape index (κ1) is 35.7. The summed E-state index contributed by atoms with van der Waals surface area (Å²) in [4.78, 5) is 2.46. The average Bonchev–Trinajstić information content (AvgIpc) is 3.74. The van der Waals surface area contributed by atoms with E-state index in [9.17, 15) is 0 Å². The molecule has 0 radical (unpaired) electrons. The van der Waals surface area contributed by atoms with Gasteiger partial charge in [-0.25, -0.2) is 0 Å². The van der Waals surface area contributed by atoms with Crippen LogP contribution in [0.25, 0.3) is 98.8 Å². The number of furan rings is 1. The Labute approximate surface area is 360 Å². The second kappa shape index (κ2) is 14.8. The first-order valence-corrected chi connectivity index (χ1v) is 21.3. The smallest absolute Gasteiger partial charge is 0.145 e. The average molecular weight is 790 g/mol. The van der Waals surface area contributed by atoms with Gasteiger partial charge in [-0.3, -0.25) is 0 Å². The van der Waals surface area contributed by atoms with Crippen LogP contribution in [0.4, 0.5) is 17.1 Å². The van der Waals surface area contributed by atoms with Crippen LogP contribution in [0.2, 0.25) is 0 Å². The zero-order chi connectivity index (χ0) is 41.0. The van der Waals surface area contributed by atoms with Crippen molar-refractivity contribution in [3.63, 3.8) is 0 Å². The number of anilines is 3. The first-order chi connectivity index (χ1) is 30.8. The third-order valence-corrected chi connectivity index (χ3v) is 12.5. The number of para-hydroxylation sites is 2. The molecule has 11 aromatic carbocycles. The highest BCUT2D eigenvalue weighted by Gasteiger charge is 2.25. The van der Waals surface area contributed by atoms with E-state index in [2.05, 4.69) is 241 Å². The second-order valence-corrected chi connectivity index (χ2v) is 16.0. The van der Waals surface area contributed by atoms with Crippen LogP contribution < -0.4 is 4.90 Å². The zero-order valence-electron chi connectivity index (χ0n) is 33.9. The van der Waals surface area contributed by atoms with Crippen LogP contribution in [0.5, 0.6) is 0 Å². The van der Waals surface area contributed by atoms with E-state index >= 15 is 0 Å². The van der Waals surface area contributed by atoms with Crippen LogP contribution in [0.15, 0.2) is 241 Å². The summed E-state index contributed by atoms with van der Waals surface area (Å²) >= 11 is 0. The Balaban J connectivity index is 1.16. The van der Waals surface area contributed by atoms with Gasteiger partial charge in [0, 0.05) is 22.2 Å². The van der Waals surface area contributed by atoms with Gasteiger partial charge in [0.15, 0.2) is 0 Å². The predicted octanol–water partition coefficient (Wildman–Crippen LogP) is 17.2. The fourth-order valence-electron chi connectivity index (χ4n) is 9.67. The molecule has 0 N–H and O–H groups in total. The Morgan fingerprint density at radius 1 is 0.290 bits per heavy atom. The maximum absolute atomic E-state index is 7.07. The van der Waals surface area contributed by atoms with Crippen molar-refractivity contribution < 1.29 is 4.42 Å². The van der Waals surface area contributed by atoms with Gasteiger partial charge in [0.1, 0.15) is 11.2 Å². The topological polar surface area (TPSA) is 16.4 Å². The maximum atomic E-state index is 7.07. The second-order valence-electron chi connectivity index (χ2n) is 16.0. The van der Waals surface area contributed by atoms with Gasteiger partial charge >= 0.3 is 0 Å². The summed E-state index contributed by atoms with van der Waals surface area (Å²) < 4.78 is 7.07. The predicted molar refractivity (Wildman–Crippen MR) is 263 cm³/mol. The van der Waals surface area contributed by atoms with Crippen LogP contribution in [0, 0.1) is 0 Å². The van der Waals surface area contributed by atoms with E-state index in [4.69, 9.17) is 4.42 Å². The quantitative estimate of drug-likeness (QED) is 0.150. The maximum Gasteiger partial charge on any atom is 0.145 e. The van der Waals surface area contributed by atoms with Crippen molar-refractivity contribution in [3.8, 4) is 44.5 Å². The number of hydrogen-bond acceptors (Lipinski definition) is 2. The van der Waals surface area contributed by atoms with Gasteiger partial charge in [0.05, 0.1) is 16.8 Å². The Morgan fingerprint density at radius 3 is 1.71 bits per heavy atom. The monoisotopic (exact) mass is 789 g/mol. The molecular formula is C60H39NO. The molecule has 1 aromatic heterocycles. The van der Waals surface area contributed by atoms with Crippen molar-refractivity contribution >= 4 is 71.3 Å². The molecule has 0 fully saturated rings. The molecule has 2 nitrogen and oxygen atoms in total. The highest BCUT2D eigenvalue weighted by Crippen LogP contribution is 2.50. The number of rotatable bonds is 7. The fraction of sp³-hybridized carbons (Fsp3) is 0. The Kier molecular flexibility index (Phi) is 8.53. The van der Waals surface area contributed by atoms with E-state index in [1.54, 1.807) is 0 Å². The zero-order valence-corrected chi connectivity index (χ0v) is 33.9. The highest BCUT2D eigenvalue weighted by atomic mass is 16.3. The fourth-order valence-corrected chi connectivity index (χ4v) is 9.67. The molecule has 12 aromatic rings. The van der Waals surface area contributed by atoms with Crippen molar-refractivity contribution in [2.24, 2.45) is 0 Å². The van der Waals surface area contributed by atoms with E-state index in [-0.39, 0.29) is 0 Å². The van der Waals surface area contributed by atoms with Crippen LogP contribution in [0.3, 0.4) is 0 Å². The van der Waals surface area contributed by atoms with Gasteiger partial charge in [0.2, 0.25) is 0 Å². The number of benzene rings is 11. The SMILES string of the molecule is c1ccc(-c2ccccc2-c2cccc(N(c3ccccc3-c3cccc4ccccc34)c3ccc(-c4cc5ccccc5c5ccccc45)c4oc5ccccc5c34)c2)cc1. The largest absolute Gasteiger partial charge is 0.455 e. The lowest BCUT2D eigenvalue weighted by molar-refractivity contribution is 0.670. The molecule has 0 aliphatic rings.